The van der Waals surface area contributed by atoms with Gasteiger partial charge in [0.25, 0.3) is 0 Å². The minimum atomic E-state index is -0.693. The van der Waals surface area contributed by atoms with E-state index in [1.807, 2.05) is 0 Å². The molecule has 0 fully saturated rings. The Morgan fingerprint density at radius 1 is 1.12 bits per heavy atom. The van der Waals surface area contributed by atoms with E-state index < -0.39 is 17.5 Å². The monoisotopic (exact) mass is 334 g/mol. The molecule has 5 nitrogen and oxygen atoms in total. The van der Waals surface area contributed by atoms with Gasteiger partial charge in [0.1, 0.15) is 11.4 Å². The van der Waals surface area contributed by atoms with Crippen LogP contribution >= 0.6 is 0 Å². The molecule has 24 heavy (non-hydrogen) atoms. The van der Waals surface area contributed by atoms with E-state index in [2.05, 4.69) is 4.74 Å². The summed E-state index contributed by atoms with van der Waals surface area (Å²) in [5.41, 5.74) is 0.541. The summed E-state index contributed by atoms with van der Waals surface area (Å²) in [6, 6.07) is 7.28. The van der Waals surface area contributed by atoms with Crippen LogP contribution in [-0.2, 0) is 15.9 Å². The van der Waals surface area contributed by atoms with E-state index in [0.717, 1.165) is 5.56 Å². The number of furan rings is 1. The van der Waals surface area contributed by atoms with Gasteiger partial charge in [0.15, 0.2) is 0 Å². The standard InChI is InChI=1S/C18H19FO5/c1-18(2,3)24-16(20)14-10-12(15(23-14)17(21)22-4)9-11-5-7-13(19)8-6-11/h5-8,10H,9H2,1-4H3. The number of halogens is 1. The molecule has 2 aromatic rings. The molecule has 0 saturated heterocycles. The molecule has 0 saturated carbocycles. The number of methoxy groups -OCH3 is 1. The van der Waals surface area contributed by atoms with E-state index in [9.17, 15) is 14.0 Å². The van der Waals surface area contributed by atoms with Gasteiger partial charge < -0.3 is 13.9 Å². The lowest BCUT2D eigenvalue weighted by Gasteiger charge is -2.18. The predicted octanol–water partition coefficient (Wildman–Crippen LogP) is 3.75. The Morgan fingerprint density at radius 3 is 2.29 bits per heavy atom. The molecule has 0 radical (unpaired) electrons. The van der Waals surface area contributed by atoms with E-state index in [1.54, 1.807) is 32.9 Å². The smallest absolute Gasteiger partial charge is 0.374 e. The second-order valence-electron chi connectivity index (χ2n) is 6.26. The Labute approximate surface area is 139 Å². The van der Waals surface area contributed by atoms with Crippen molar-refractivity contribution in [2.45, 2.75) is 32.8 Å². The third-order valence-electron chi connectivity index (χ3n) is 3.09. The molecule has 2 rings (SSSR count). The van der Waals surface area contributed by atoms with Crippen molar-refractivity contribution in [1.82, 2.24) is 0 Å². The Balaban J connectivity index is 2.33. The zero-order chi connectivity index (χ0) is 17.9. The van der Waals surface area contributed by atoms with E-state index >= 15 is 0 Å². The summed E-state index contributed by atoms with van der Waals surface area (Å²) in [6.07, 6.45) is 0.289. The molecule has 1 heterocycles. The van der Waals surface area contributed by atoms with Crippen molar-refractivity contribution in [3.05, 3.63) is 58.8 Å². The van der Waals surface area contributed by atoms with Crippen molar-refractivity contribution in [3.63, 3.8) is 0 Å². The lowest BCUT2D eigenvalue weighted by Crippen LogP contribution is -2.23. The fraction of sp³-hybridized carbons (Fsp3) is 0.333. The summed E-state index contributed by atoms with van der Waals surface area (Å²) in [5.74, 6) is -1.86. The minimum Gasteiger partial charge on any atom is -0.463 e. The molecule has 0 spiro atoms. The second-order valence-corrected chi connectivity index (χ2v) is 6.26. The lowest BCUT2D eigenvalue weighted by molar-refractivity contribution is 0.00341. The normalized spacial score (nSPS) is 11.2. The molecule has 0 aliphatic carbocycles. The highest BCUT2D eigenvalue weighted by Gasteiger charge is 2.26. The van der Waals surface area contributed by atoms with Crippen molar-refractivity contribution in [2.24, 2.45) is 0 Å². The first-order valence-electron chi connectivity index (χ1n) is 7.38. The van der Waals surface area contributed by atoms with Crippen LogP contribution in [0, 0.1) is 5.82 Å². The van der Waals surface area contributed by atoms with Crippen molar-refractivity contribution in [3.8, 4) is 0 Å². The van der Waals surface area contributed by atoms with Gasteiger partial charge in [-0.3, -0.25) is 0 Å². The van der Waals surface area contributed by atoms with Crippen LogP contribution < -0.4 is 0 Å². The van der Waals surface area contributed by atoms with Crippen molar-refractivity contribution in [2.75, 3.05) is 7.11 Å². The SMILES string of the molecule is COC(=O)c1oc(C(=O)OC(C)(C)C)cc1Cc1ccc(F)cc1. The molecular weight excluding hydrogens is 315 g/mol. The highest BCUT2D eigenvalue weighted by atomic mass is 19.1. The second kappa shape index (κ2) is 6.86. The molecule has 1 aromatic heterocycles. The molecule has 0 N–H and O–H groups in total. The van der Waals surface area contributed by atoms with Crippen LogP contribution in [0.15, 0.2) is 34.7 Å². The molecule has 0 aliphatic rings. The van der Waals surface area contributed by atoms with Gasteiger partial charge in [0.05, 0.1) is 7.11 Å². The van der Waals surface area contributed by atoms with Crippen LogP contribution in [0.1, 0.15) is 53.0 Å². The Hall–Kier alpha value is -2.63. The topological polar surface area (TPSA) is 65.7 Å². The van der Waals surface area contributed by atoms with E-state index in [4.69, 9.17) is 9.15 Å². The Morgan fingerprint density at radius 2 is 1.75 bits per heavy atom. The summed E-state index contributed by atoms with van der Waals surface area (Å²) in [5, 5.41) is 0. The van der Waals surface area contributed by atoms with Gasteiger partial charge in [-0.2, -0.15) is 0 Å². The third kappa shape index (κ3) is 4.44. The van der Waals surface area contributed by atoms with Crippen LogP contribution in [0.2, 0.25) is 0 Å². The number of hydrogen-bond donors (Lipinski definition) is 0. The molecule has 128 valence electrons. The summed E-state index contributed by atoms with van der Waals surface area (Å²) in [7, 11) is 1.22. The van der Waals surface area contributed by atoms with Crippen LogP contribution in [0.5, 0.6) is 0 Å². The molecule has 6 heteroatoms. The van der Waals surface area contributed by atoms with Gasteiger partial charge in [0.2, 0.25) is 11.5 Å². The average Bonchev–Trinajstić information content (AvgIpc) is 2.91. The maximum Gasteiger partial charge on any atom is 0.374 e. The first-order chi connectivity index (χ1) is 11.2. The molecular formula is C18H19FO5. The molecule has 0 atom stereocenters. The summed E-state index contributed by atoms with van der Waals surface area (Å²) in [6.45, 7) is 5.19. The van der Waals surface area contributed by atoms with E-state index in [0.29, 0.717) is 5.56 Å². The number of ether oxygens (including phenoxy) is 2. The van der Waals surface area contributed by atoms with Crippen LogP contribution in [0.25, 0.3) is 0 Å². The molecule has 0 unspecified atom stereocenters. The molecule has 0 aliphatic heterocycles. The van der Waals surface area contributed by atoms with Crippen molar-refractivity contribution in [1.29, 1.82) is 0 Å². The van der Waals surface area contributed by atoms with Gasteiger partial charge >= 0.3 is 11.9 Å². The fourth-order valence-corrected chi connectivity index (χ4v) is 2.08. The van der Waals surface area contributed by atoms with E-state index in [1.165, 1.54) is 25.3 Å². The maximum atomic E-state index is 13.0. The number of carbonyl (C=O) groups is 2. The number of rotatable bonds is 4. The zero-order valence-corrected chi connectivity index (χ0v) is 14.0. The van der Waals surface area contributed by atoms with Gasteiger partial charge in [-0.1, -0.05) is 12.1 Å². The fourth-order valence-electron chi connectivity index (χ4n) is 2.08. The lowest BCUT2D eigenvalue weighted by atomic mass is 10.1. The summed E-state index contributed by atoms with van der Waals surface area (Å²) in [4.78, 5) is 24.0. The van der Waals surface area contributed by atoms with Crippen molar-refractivity contribution >= 4 is 11.9 Å². The minimum absolute atomic E-state index is 0.0670. The van der Waals surface area contributed by atoms with Gasteiger partial charge in [-0.15, -0.1) is 0 Å². The third-order valence-corrected chi connectivity index (χ3v) is 3.09. The first-order valence-corrected chi connectivity index (χ1v) is 7.38. The average molecular weight is 334 g/mol. The number of hydrogen-bond acceptors (Lipinski definition) is 5. The quantitative estimate of drug-likeness (QED) is 0.797. The van der Waals surface area contributed by atoms with Gasteiger partial charge in [-0.05, 0) is 44.5 Å². The number of benzene rings is 1. The highest BCUT2D eigenvalue weighted by molar-refractivity contribution is 5.92. The molecule has 0 bridgehead atoms. The first kappa shape index (κ1) is 17.7. The largest absolute Gasteiger partial charge is 0.463 e. The number of carbonyl (C=O) groups excluding carboxylic acids is 2. The summed E-state index contributed by atoms with van der Waals surface area (Å²) < 4.78 is 28.3. The maximum absolute atomic E-state index is 13.0. The van der Waals surface area contributed by atoms with E-state index in [-0.39, 0.29) is 23.8 Å². The number of esters is 2. The van der Waals surface area contributed by atoms with Crippen LogP contribution in [0.4, 0.5) is 4.39 Å². The zero-order valence-electron chi connectivity index (χ0n) is 14.0. The predicted molar refractivity (Wildman–Crippen MR) is 84.4 cm³/mol. The Bertz CT molecular complexity index is 738. The van der Waals surface area contributed by atoms with Crippen molar-refractivity contribution < 1.29 is 27.9 Å². The van der Waals surface area contributed by atoms with Gasteiger partial charge in [-0.25, -0.2) is 14.0 Å². The molecule has 0 amide bonds. The summed E-state index contributed by atoms with van der Waals surface area (Å²) >= 11 is 0. The van der Waals surface area contributed by atoms with Gasteiger partial charge in [0, 0.05) is 12.0 Å². The Kier molecular flexibility index (Phi) is 5.07. The highest BCUT2D eigenvalue weighted by Crippen LogP contribution is 2.22. The molecule has 1 aromatic carbocycles. The van der Waals surface area contributed by atoms with Crippen LogP contribution in [0.3, 0.4) is 0 Å². The van der Waals surface area contributed by atoms with Crippen LogP contribution in [-0.4, -0.2) is 24.6 Å².